The van der Waals surface area contributed by atoms with Crippen molar-refractivity contribution in [2.45, 2.75) is 26.3 Å². The maximum absolute atomic E-state index is 4.40. The van der Waals surface area contributed by atoms with Crippen molar-refractivity contribution in [1.29, 1.82) is 0 Å². The van der Waals surface area contributed by atoms with E-state index in [0.717, 1.165) is 24.4 Å². The van der Waals surface area contributed by atoms with Gasteiger partial charge in [-0.05, 0) is 37.2 Å². The Hall–Kier alpha value is -1.74. The highest BCUT2D eigenvalue weighted by Gasteiger charge is 2.14. The third kappa shape index (κ3) is 3.14. The average Bonchev–Trinajstić information content (AvgIpc) is 2.40. The predicted molar refractivity (Wildman–Crippen MR) is 73.3 cm³/mol. The molecule has 94 valence electrons. The summed E-state index contributed by atoms with van der Waals surface area (Å²) in [5, 5.41) is 3.51. The van der Waals surface area contributed by atoms with Crippen LogP contribution in [0, 0.1) is 6.92 Å². The van der Waals surface area contributed by atoms with E-state index in [1.165, 1.54) is 5.56 Å². The molecule has 3 nitrogen and oxygen atoms in total. The molecule has 0 radical (unpaired) electrons. The van der Waals surface area contributed by atoms with Gasteiger partial charge in [0.15, 0.2) is 0 Å². The number of likely N-dealkylation sites (N-methyl/N-ethyl adjacent to an activating group) is 1. The van der Waals surface area contributed by atoms with Gasteiger partial charge in [0.25, 0.3) is 0 Å². The summed E-state index contributed by atoms with van der Waals surface area (Å²) in [5.74, 6) is 0. The van der Waals surface area contributed by atoms with E-state index in [4.69, 9.17) is 0 Å². The summed E-state index contributed by atoms with van der Waals surface area (Å²) in [5.41, 5.74) is 3.44. The maximum Gasteiger partial charge on any atom is 0.0422 e. The molecule has 0 saturated carbocycles. The maximum atomic E-state index is 4.40. The van der Waals surface area contributed by atoms with Crippen LogP contribution in [0.25, 0.3) is 0 Å². The summed E-state index contributed by atoms with van der Waals surface area (Å²) in [4.78, 5) is 8.76. The predicted octanol–water partition coefficient (Wildman–Crippen LogP) is 2.68. The van der Waals surface area contributed by atoms with E-state index in [0.29, 0.717) is 0 Å². The van der Waals surface area contributed by atoms with Gasteiger partial charge in [0, 0.05) is 36.2 Å². The summed E-state index contributed by atoms with van der Waals surface area (Å²) in [6.07, 6.45) is 4.57. The number of pyridine rings is 2. The molecule has 2 heterocycles. The van der Waals surface area contributed by atoms with Gasteiger partial charge in [-0.1, -0.05) is 19.1 Å². The van der Waals surface area contributed by atoms with Crippen LogP contribution in [0.2, 0.25) is 0 Å². The molecule has 0 aliphatic heterocycles. The Bertz CT molecular complexity index is 482. The van der Waals surface area contributed by atoms with E-state index in [2.05, 4.69) is 41.3 Å². The quantitative estimate of drug-likeness (QED) is 0.874. The number of hydrogen-bond donors (Lipinski definition) is 1. The summed E-state index contributed by atoms with van der Waals surface area (Å²) in [6, 6.07) is 10.4. The molecule has 0 aromatic carbocycles. The number of nitrogens with zero attached hydrogens (tertiary/aromatic N) is 2. The molecule has 1 N–H and O–H groups in total. The second-order valence-corrected chi connectivity index (χ2v) is 4.31. The minimum Gasteiger partial charge on any atom is -0.310 e. The second-order valence-electron chi connectivity index (χ2n) is 4.31. The smallest absolute Gasteiger partial charge is 0.0422 e. The first kappa shape index (κ1) is 12.7. The zero-order valence-corrected chi connectivity index (χ0v) is 10.9. The van der Waals surface area contributed by atoms with Gasteiger partial charge in [-0.3, -0.25) is 9.97 Å². The summed E-state index contributed by atoms with van der Waals surface area (Å²) < 4.78 is 0. The fraction of sp³-hybridized carbons (Fsp3) is 0.333. The van der Waals surface area contributed by atoms with E-state index >= 15 is 0 Å². The SMILES string of the molecule is CCNC(Cc1ccccn1)c1cccnc1C. The first-order chi connectivity index (χ1) is 8.81. The molecule has 0 bridgehead atoms. The second kappa shape index (κ2) is 6.26. The summed E-state index contributed by atoms with van der Waals surface area (Å²) in [6.45, 7) is 5.11. The van der Waals surface area contributed by atoms with Crippen LogP contribution in [-0.2, 0) is 6.42 Å². The molecular formula is C15H19N3. The largest absolute Gasteiger partial charge is 0.310 e. The van der Waals surface area contributed by atoms with Gasteiger partial charge in [0.1, 0.15) is 0 Å². The van der Waals surface area contributed by atoms with Crippen molar-refractivity contribution in [2.24, 2.45) is 0 Å². The van der Waals surface area contributed by atoms with E-state index in [9.17, 15) is 0 Å². The molecule has 3 heteroatoms. The first-order valence-electron chi connectivity index (χ1n) is 6.36. The zero-order valence-electron chi connectivity index (χ0n) is 10.9. The van der Waals surface area contributed by atoms with Gasteiger partial charge >= 0.3 is 0 Å². The van der Waals surface area contributed by atoms with E-state index < -0.39 is 0 Å². The van der Waals surface area contributed by atoms with E-state index in [-0.39, 0.29) is 6.04 Å². The highest BCUT2D eigenvalue weighted by molar-refractivity contribution is 5.24. The monoisotopic (exact) mass is 241 g/mol. The molecule has 2 aromatic rings. The Morgan fingerprint density at radius 3 is 2.61 bits per heavy atom. The van der Waals surface area contributed by atoms with Crippen molar-refractivity contribution in [3.05, 3.63) is 59.7 Å². The minimum absolute atomic E-state index is 0.276. The molecule has 0 aliphatic carbocycles. The number of hydrogen-bond acceptors (Lipinski definition) is 3. The molecule has 2 aromatic heterocycles. The lowest BCUT2D eigenvalue weighted by Crippen LogP contribution is -2.24. The van der Waals surface area contributed by atoms with Gasteiger partial charge in [0.05, 0.1) is 0 Å². The van der Waals surface area contributed by atoms with Crippen LogP contribution >= 0.6 is 0 Å². The summed E-state index contributed by atoms with van der Waals surface area (Å²) >= 11 is 0. The van der Waals surface area contributed by atoms with Gasteiger partial charge in [0.2, 0.25) is 0 Å². The van der Waals surface area contributed by atoms with E-state index in [1.807, 2.05) is 30.6 Å². The number of aromatic nitrogens is 2. The Morgan fingerprint density at radius 1 is 1.11 bits per heavy atom. The number of aryl methyl sites for hydroxylation is 1. The standard InChI is InChI=1S/C15H19N3/c1-3-16-15(11-13-7-4-5-9-18-13)14-8-6-10-17-12(14)2/h4-10,15-16H,3,11H2,1-2H3. The average molecular weight is 241 g/mol. The van der Waals surface area contributed by atoms with Crippen LogP contribution in [-0.4, -0.2) is 16.5 Å². The molecule has 0 fully saturated rings. The molecule has 0 aliphatic rings. The highest BCUT2D eigenvalue weighted by atomic mass is 14.9. The van der Waals surface area contributed by atoms with E-state index in [1.54, 1.807) is 0 Å². The first-order valence-corrected chi connectivity index (χ1v) is 6.36. The van der Waals surface area contributed by atoms with Crippen LogP contribution in [0.4, 0.5) is 0 Å². The van der Waals surface area contributed by atoms with Crippen molar-refractivity contribution in [3.8, 4) is 0 Å². The molecule has 0 spiro atoms. The lowest BCUT2D eigenvalue weighted by atomic mass is 10.0. The van der Waals surface area contributed by atoms with Crippen LogP contribution < -0.4 is 5.32 Å². The molecule has 0 amide bonds. The molecular weight excluding hydrogens is 222 g/mol. The van der Waals surface area contributed by atoms with Crippen LogP contribution in [0.15, 0.2) is 42.7 Å². The Labute approximate surface area is 108 Å². The molecule has 1 unspecified atom stereocenters. The Morgan fingerprint density at radius 2 is 1.94 bits per heavy atom. The Balaban J connectivity index is 2.21. The van der Waals surface area contributed by atoms with Gasteiger partial charge in [-0.15, -0.1) is 0 Å². The lowest BCUT2D eigenvalue weighted by molar-refractivity contribution is 0.539. The minimum atomic E-state index is 0.276. The van der Waals surface area contributed by atoms with Crippen molar-refractivity contribution >= 4 is 0 Å². The molecule has 1 atom stereocenters. The number of rotatable bonds is 5. The van der Waals surface area contributed by atoms with Gasteiger partial charge in [-0.2, -0.15) is 0 Å². The third-order valence-corrected chi connectivity index (χ3v) is 3.01. The van der Waals surface area contributed by atoms with Crippen molar-refractivity contribution in [2.75, 3.05) is 6.54 Å². The third-order valence-electron chi connectivity index (χ3n) is 3.01. The number of nitrogens with one attached hydrogen (secondary N) is 1. The normalized spacial score (nSPS) is 12.3. The molecule has 0 saturated heterocycles. The molecule has 2 rings (SSSR count). The van der Waals surface area contributed by atoms with Crippen molar-refractivity contribution < 1.29 is 0 Å². The lowest BCUT2D eigenvalue weighted by Gasteiger charge is -2.19. The topological polar surface area (TPSA) is 37.8 Å². The van der Waals surface area contributed by atoms with Gasteiger partial charge in [-0.25, -0.2) is 0 Å². The fourth-order valence-electron chi connectivity index (χ4n) is 2.13. The fourth-order valence-corrected chi connectivity index (χ4v) is 2.13. The van der Waals surface area contributed by atoms with Crippen molar-refractivity contribution in [1.82, 2.24) is 15.3 Å². The summed E-state index contributed by atoms with van der Waals surface area (Å²) in [7, 11) is 0. The van der Waals surface area contributed by atoms with Crippen molar-refractivity contribution in [3.63, 3.8) is 0 Å². The van der Waals surface area contributed by atoms with Crippen LogP contribution in [0.1, 0.15) is 29.9 Å². The zero-order chi connectivity index (χ0) is 12.8. The van der Waals surface area contributed by atoms with Crippen LogP contribution in [0.3, 0.4) is 0 Å². The molecule has 18 heavy (non-hydrogen) atoms. The van der Waals surface area contributed by atoms with Crippen LogP contribution in [0.5, 0.6) is 0 Å². The van der Waals surface area contributed by atoms with Gasteiger partial charge < -0.3 is 5.32 Å². The highest BCUT2D eigenvalue weighted by Crippen LogP contribution is 2.19. The Kier molecular flexibility index (Phi) is 4.42.